The molecule has 3 rings (SSSR count). The molecular formula is C29H48N2O6S. The number of hydrogen-bond acceptors (Lipinski definition) is 9. The van der Waals surface area contributed by atoms with Crippen molar-refractivity contribution >= 4 is 23.1 Å². The van der Waals surface area contributed by atoms with Crippen LogP contribution in [0.5, 0.6) is 0 Å². The number of aromatic nitrogens is 1. The molecule has 1 aromatic rings. The number of nitrogens with zero attached hydrogens (tertiary/aromatic N) is 2. The number of carbonyl (C=O) groups is 2. The lowest BCUT2D eigenvalue weighted by Gasteiger charge is -2.34. The molecule has 2 fully saturated rings. The van der Waals surface area contributed by atoms with Crippen molar-refractivity contribution in [3.63, 3.8) is 0 Å². The van der Waals surface area contributed by atoms with Gasteiger partial charge in [-0.25, -0.2) is 4.98 Å². The molecule has 2 aliphatic heterocycles. The van der Waals surface area contributed by atoms with Crippen LogP contribution in [0, 0.1) is 30.1 Å². The van der Waals surface area contributed by atoms with Crippen LogP contribution in [0.25, 0.3) is 0 Å². The Bertz CT molecular complexity index is 967. The van der Waals surface area contributed by atoms with Crippen LogP contribution in [0.3, 0.4) is 0 Å². The average molecular weight is 553 g/mol. The Kier molecular flexibility index (Phi) is 10.2. The maximum absolute atomic E-state index is 13.3. The molecule has 0 radical (unpaired) electrons. The minimum atomic E-state index is -1.23. The molecule has 3 heterocycles. The summed E-state index contributed by atoms with van der Waals surface area (Å²) < 4.78 is 6.05. The third-order valence-electron chi connectivity index (χ3n) is 9.27. The van der Waals surface area contributed by atoms with Gasteiger partial charge in [-0.05, 0) is 44.9 Å². The number of carbonyl (C=O) groups excluding carboxylic acids is 2. The second-order valence-corrected chi connectivity index (χ2v) is 13.6. The summed E-state index contributed by atoms with van der Waals surface area (Å²) in [7, 11) is 0. The van der Waals surface area contributed by atoms with Crippen LogP contribution in [0.15, 0.2) is 5.38 Å². The number of thiazole rings is 1. The van der Waals surface area contributed by atoms with Crippen LogP contribution in [0.4, 0.5) is 0 Å². The molecule has 0 saturated carbocycles. The molecule has 8 nitrogen and oxygen atoms in total. The Morgan fingerprint density at radius 2 is 1.92 bits per heavy atom. The Hall–Kier alpha value is -1.39. The quantitative estimate of drug-likeness (QED) is 0.375. The number of ketones is 1. The predicted molar refractivity (Wildman–Crippen MR) is 148 cm³/mol. The van der Waals surface area contributed by atoms with Gasteiger partial charge in [0.25, 0.3) is 0 Å². The van der Waals surface area contributed by atoms with E-state index in [0.717, 1.165) is 30.0 Å². The molecule has 9 heteroatoms. The van der Waals surface area contributed by atoms with E-state index in [1.54, 1.807) is 32.1 Å². The number of Topliss-reactive ketones (excluding diaryl/α,β-unsaturated/α-hetero) is 1. The van der Waals surface area contributed by atoms with Crippen LogP contribution in [-0.2, 0) is 20.7 Å². The van der Waals surface area contributed by atoms with Crippen molar-refractivity contribution in [1.29, 1.82) is 0 Å². The van der Waals surface area contributed by atoms with Crippen molar-refractivity contribution in [3.05, 3.63) is 16.1 Å². The molecule has 3 N–H and O–H groups in total. The molecule has 0 bridgehead atoms. The van der Waals surface area contributed by atoms with Crippen molar-refractivity contribution < 1.29 is 29.6 Å². The first-order valence-electron chi connectivity index (χ1n) is 14.1. The number of aryl methyl sites for hydroxylation is 1. The number of hydrogen-bond donors (Lipinski definition) is 3. The van der Waals surface area contributed by atoms with Gasteiger partial charge in [-0.2, -0.15) is 0 Å². The largest absolute Gasteiger partial charge is 0.462 e. The summed E-state index contributed by atoms with van der Waals surface area (Å²) in [5, 5.41) is 34.7. The van der Waals surface area contributed by atoms with Gasteiger partial charge in [-0.15, -0.1) is 11.3 Å². The third kappa shape index (κ3) is 6.84. The number of aliphatic hydroxyl groups excluding tert-OH is 3. The fraction of sp³-hybridized carbons (Fsp3) is 0.828. The smallest absolute Gasteiger partial charge is 0.308 e. The van der Waals surface area contributed by atoms with Crippen molar-refractivity contribution in [3.8, 4) is 0 Å². The van der Waals surface area contributed by atoms with Crippen LogP contribution >= 0.6 is 11.3 Å². The lowest BCUT2D eigenvalue weighted by atomic mass is 9.73. The van der Waals surface area contributed by atoms with Crippen molar-refractivity contribution in [2.24, 2.45) is 23.2 Å². The van der Waals surface area contributed by atoms with E-state index in [9.17, 15) is 24.9 Å². The molecule has 2 unspecified atom stereocenters. The number of aliphatic hydroxyl groups is 3. The zero-order chi connectivity index (χ0) is 28.4. The van der Waals surface area contributed by atoms with E-state index in [4.69, 9.17) is 4.74 Å². The predicted octanol–water partition coefficient (Wildman–Crippen LogP) is 3.53. The second kappa shape index (κ2) is 12.4. The highest BCUT2D eigenvalue weighted by atomic mass is 32.1. The summed E-state index contributed by atoms with van der Waals surface area (Å²) in [5.41, 5.74) is -0.362. The summed E-state index contributed by atoms with van der Waals surface area (Å²) in [5.74, 6) is -1.53. The van der Waals surface area contributed by atoms with Gasteiger partial charge in [0.1, 0.15) is 11.9 Å². The summed E-state index contributed by atoms with van der Waals surface area (Å²) in [6, 6.07) is 0.155. The number of rotatable bonds is 5. The number of ether oxygens (including phenoxy) is 1. The van der Waals surface area contributed by atoms with E-state index < -0.39 is 35.6 Å². The fourth-order valence-electron chi connectivity index (χ4n) is 6.35. The first-order valence-corrected chi connectivity index (χ1v) is 15.0. The van der Waals surface area contributed by atoms with E-state index >= 15 is 0 Å². The molecule has 216 valence electrons. The van der Waals surface area contributed by atoms with E-state index in [0.29, 0.717) is 19.4 Å². The monoisotopic (exact) mass is 552 g/mol. The van der Waals surface area contributed by atoms with Gasteiger partial charge in [0.15, 0.2) is 0 Å². The molecule has 0 spiro atoms. The Morgan fingerprint density at radius 1 is 1.24 bits per heavy atom. The SMILES string of the molecule is Cc1nc(CC(C)[C@@H]2C[C@@H]3N(CCO)[C@]3(C)CCC[C@H](C)[C@H](O)[C@@H](C)C(=O)C(C)(C)[C@@H](O)CC(=O)O2)cs1. The van der Waals surface area contributed by atoms with Crippen LogP contribution in [0.1, 0.15) is 84.3 Å². The van der Waals surface area contributed by atoms with Crippen molar-refractivity contribution in [2.75, 3.05) is 13.2 Å². The van der Waals surface area contributed by atoms with Crippen LogP contribution in [-0.4, -0.2) is 80.0 Å². The van der Waals surface area contributed by atoms with Gasteiger partial charge < -0.3 is 20.1 Å². The molecule has 0 amide bonds. The maximum atomic E-state index is 13.3. The zero-order valence-electron chi connectivity index (χ0n) is 24.1. The van der Waals surface area contributed by atoms with Gasteiger partial charge in [-0.1, -0.05) is 41.0 Å². The van der Waals surface area contributed by atoms with Crippen LogP contribution < -0.4 is 0 Å². The number of fused-ring (bicyclic) bond motifs is 1. The minimum absolute atomic E-state index is 0.00198. The van der Waals surface area contributed by atoms with Gasteiger partial charge in [0, 0.05) is 35.8 Å². The Balaban J connectivity index is 1.88. The molecule has 2 aliphatic rings. The molecule has 0 aromatic carbocycles. The van der Waals surface area contributed by atoms with Gasteiger partial charge in [-0.3, -0.25) is 14.5 Å². The first kappa shape index (κ1) is 31.1. The third-order valence-corrected chi connectivity index (χ3v) is 10.1. The lowest BCUT2D eigenvalue weighted by molar-refractivity contribution is -0.158. The normalized spacial score (nSPS) is 37.8. The number of esters is 1. The average Bonchev–Trinajstić information content (AvgIpc) is 3.15. The van der Waals surface area contributed by atoms with Crippen molar-refractivity contribution in [2.45, 2.75) is 117 Å². The summed E-state index contributed by atoms with van der Waals surface area (Å²) in [6.07, 6.45) is 1.09. The minimum Gasteiger partial charge on any atom is -0.462 e. The molecule has 1 aromatic heterocycles. The highest BCUT2D eigenvalue weighted by Crippen LogP contribution is 2.48. The molecule has 9 atom stereocenters. The number of β-amino-alcohol motifs (C(OH)–C–C–N with tert-alkyl or cyclic N) is 1. The molecule has 2 saturated heterocycles. The molecule has 38 heavy (non-hydrogen) atoms. The lowest BCUT2D eigenvalue weighted by Crippen LogP contribution is -2.46. The fourth-order valence-corrected chi connectivity index (χ4v) is 6.98. The Morgan fingerprint density at radius 3 is 2.53 bits per heavy atom. The van der Waals surface area contributed by atoms with E-state index in [-0.39, 0.29) is 42.2 Å². The summed E-state index contributed by atoms with van der Waals surface area (Å²) in [4.78, 5) is 33.4. The maximum Gasteiger partial charge on any atom is 0.308 e. The standard InChI is InChI=1S/C29H48N2O6S/c1-17-9-8-10-29(7)23(31(29)11-12-32)14-22(18(2)13-21-16-38-20(4)30-21)37-25(34)15-24(33)28(5,6)27(36)19(3)26(17)35/h16-19,22-24,26,32-33,35H,8-15H2,1-7H3/t17-,18?,19+,22-,23-,24-,26-,29+,31?/m0/s1. The van der Waals surface area contributed by atoms with Crippen molar-refractivity contribution in [1.82, 2.24) is 9.88 Å². The van der Waals surface area contributed by atoms with Gasteiger partial charge in [0.2, 0.25) is 0 Å². The molecular weight excluding hydrogens is 504 g/mol. The highest BCUT2D eigenvalue weighted by molar-refractivity contribution is 7.09. The van der Waals surface area contributed by atoms with Gasteiger partial charge in [0.05, 0.1) is 41.4 Å². The first-order chi connectivity index (χ1) is 17.7. The second-order valence-electron chi connectivity index (χ2n) is 12.5. The van der Waals surface area contributed by atoms with Gasteiger partial charge >= 0.3 is 5.97 Å². The Labute approximate surface area is 231 Å². The highest BCUT2D eigenvalue weighted by Gasteiger charge is 2.58. The molecule has 0 aliphatic carbocycles. The van der Waals surface area contributed by atoms with Crippen LogP contribution in [0.2, 0.25) is 0 Å². The van der Waals surface area contributed by atoms with E-state index in [1.807, 2.05) is 19.2 Å². The van der Waals surface area contributed by atoms with E-state index in [1.165, 1.54) is 0 Å². The number of cyclic esters (lactones) is 1. The topological polar surface area (TPSA) is 120 Å². The zero-order valence-corrected chi connectivity index (χ0v) is 25.0. The van der Waals surface area contributed by atoms with E-state index in [2.05, 4.69) is 23.7 Å². The summed E-state index contributed by atoms with van der Waals surface area (Å²) in [6.45, 7) is 13.8. The summed E-state index contributed by atoms with van der Waals surface area (Å²) >= 11 is 1.60.